The largest absolute Gasteiger partial charge is 0.340 e. The highest BCUT2D eigenvalue weighted by Crippen LogP contribution is 2.07. The van der Waals surface area contributed by atoms with Crippen molar-refractivity contribution < 1.29 is 4.79 Å². The van der Waals surface area contributed by atoms with Gasteiger partial charge in [-0.05, 0) is 12.8 Å². The lowest BCUT2D eigenvalue weighted by Crippen LogP contribution is -2.33. The molecular weight excluding hydrogens is 212 g/mol. The number of nitriles is 1. The fourth-order valence-corrected chi connectivity index (χ4v) is 1.79. The van der Waals surface area contributed by atoms with Crippen molar-refractivity contribution in [2.75, 3.05) is 0 Å². The van der Waals surface area contributed by atoms with E-state index in [2.05, 4.69) is 18.3 Å². The number of unbranched alkanes of at least 4 members (excludes halogenated alkanes) is 5. The van der Waals surface area contributed by atoms with Crippen LogP contribution >= 0.6 is 0 Å². The molecular formula is C14H26N2O. The van der Waals surface area contributed by atoms with Crippen molar-refractivity contribution in [1.82, 2.24) is 5.32 Å². The fraction of sp³-hybridized carbons (Fsp3) is 0.857. The van der Waals surface area contributed by atoms with Crippen LogP contribution in [0.15, 0.2) is 0 Å². The molecule has 0 aromatic carbocycles. The smallest absolute Gasteiger partial charge is 0.221 e. The van der Waals surface area contributed by atoms with Gasteiger partial charge in [-0.25, -0.2) is 0 Å². The Balaban J connectivity index is 3.49. The lowest BCUT2D eigenvalue weighted by molar-refractivity contribution is -0.121. The summed E-state index contributed by atoms with van der Waals surface area (Å²) in [5, 5.41) is 11.6. The predicted octanol–water partition coefficient (Wildman–Crippen LogP) is 3.55. The monoisotopic (exact) mass is 238 g/mol. The van der Waals surface area contributed by atoms with Crippen LogP contribution in [-0.4, -0.2) is 11.9 Å². The molecule has 0 rings (SSSR count). The van der Waals surface area contributed by atoms with Crippen molar-refractivity contribution in [3.63, 3.8) is 0 Å². The number of nitrogens with one attached hydrogen (secondary N) is 1. The van der Waals surface area contributed by atoms with Gasteiger partial charge in [0.1, 0.15) is 6.04 Å². The van der Waals surface area contributed by atoms with Gasteiger partial charge in [-0.2, -0.15) is 5.26 Å². The summed E-state index contributed by atoms with van der Waals surface area (Å²) >= 11 is 0. The van der Waals surface area contributed by atoms with E-state index in [0.29, 0.717) is 6.42 Å². The van der Waals surface area contributed by atoms with Crippen LogP contribution in [0.1, 0.15) is 71.6 Å². The van der Waals surface area contributed by atoms with Gasteiger partial charge in [0.05, 0.1) is 6.07 Å². The Morgan fingerprint density at radius 2 is 1.76 bits per heavy atom. The summed E-state index contributed by atoms with van der Waals surface area (Å²) in [5.41, 5.74) is 0. The Hall–Kier alpha value is -1.04. The molecule has 0 bridgehead atoms. The lowest BCUT2D eigenvalue weighted by atomic mass is 10.1. The van der Waals surface area contributed by atoms with E-state index in [9.17, 15) is 4.79 Å². The SMILES string of the molecule is CCCCCCCCC(=O)NC(C#N)CCC. The van der Waals surface area contributed by atoms with Crippen molar-refractivity contribution in [1.29, 1.82) is 5.26 Å². The number of hydrogen-bond donors (Lipinski definition) is 1. The summed E-state index contributed by atoms with van der Waals surface area (Å²) in [5.74, 6) is 0.0282. The molecule has 1 amide bonds. The molecule has 0 aromatic heterocycles. The van der Waals surface area contributed by atoms with Crippen LogP contribution in [0.5, 0.6) is 0 Å². The van der Waals surface area contributed by atoms with Crippen molar-refractivity contribution in [3.05, 3.63) is 0 Å². The molecule has 3 heteroatoms. The first-order valence-electron chi connectivity index (χ1n) is 6.93. The van der Waals surface area contributed by atoms with E-state index >= 15 is 0 Å². The molecule has 0 saturated heterocycles. The topological polar surface area (TPSA) is 52.9 Å². The number of amides is 1. The van der Waals surface area contributed by atoms with E-state index in [4.69, 9.17) is 5.26 Å². The molecule has 0 spiro atoms. The average molecular weight is 238 g/mol. The maximum Gasteiger partial charge on any atom is 0.221 e. The summed E-state index contributed by atoms with van der Waals surface area (Å²) in [6.07, 6.45) is 9.34. The summed E-state index contributed by atoms with van der Waals surface area (Å²) in [6, 6.07) is 1.82. The Morgan fingerprint density at radius 1 is 1.12 bits per heavy atom. The molecule has 1 N–H and O–H groups in total. The van der Waals surface area contributed by atoms with Gasteiger partial charge in [-0.3, -0.25) is 4.79 Å². The molecule has 17 heavy (non-hydrogen) atoms. The predicted molar refractivity (Wildman–Crippen MR) is 70.4 cm³/mol. The van der Waals surface area contributed by atoms with Crippen LogP contribution in [0.4, 0.5) is 0 Å². The van der Waals surface area contributed by atoms with Crippen LogP contribution in [0, 0.1) is 11.3 Å². The fourth-order valence-electron chi connectivity index (χ4n) is 1.79. The van der Waals surface area contributed by atoms with E-state index in [0.717, 1.165) is 25.7 Å². The van der Waals surface area contributed by atoms with E-state index in [-0.39, 0.29) is 11.9 Å². The second-order valence-electron chi connectivity index (χ2n) is 4.56. The van der Waals surface area contributed by atoms with Crippen LogP contribution < -0.4 is 5.32 Å². The standard InChI is InChI=1S/C14H26N2O/c1-3-5-6-7-8-9-11-14(17)16-13(12-15)10-4-2/h13H,3-11H2,1-2H3,(H,16,17). The van der Waals surface area contributed by atoms with E-state index < -0.39 is 0 Å². The minimum atomic E-state index is -0.299. The molecule has 3 nitrogen and oxygen atoms in total. The third kappa shape index (κ3) is 9.86. The average Bonchev–Trinajstić information content (AvgIpc) is 2.33. The van der Waals surface area contributed by atoms with Gasteiger partial charge in [0.25, 0.3) is 0 Å². The zero-order chi connectivity index (χ0) is 12.9. The molecule has 0 heterocycles. The van der Waals surface area contributed by atoms with Crippen molar-refractivity contribution in [2.45, 2.75) is 77.7 Å². The first-order chi connectivity index (χ1) is 8.24. The Kier molecular flexibility index (Phi) is 10.7. The maximum atomic E-state index is 11.5. The molecule has 0 aliphatic rings. The Labute approximate surface area is 106 Å². The van der Waals surface area contributed by atoms with Crippen molar-refractivity contribution in [2.24, 2.45) is 0 Å². The van der Waals surface area contributed by atoms with Gasteiger partial charge >= 0.3 is 0 Å². The number of hydrogen-bond acceptors (Lipinski definition) is 2. The first-order valence-corrected chi connectivity index (χ1v) is 6.93. The molecule has 0 radical (unpaired) electrons. The van der Waals surface area contributed by atoms with Crippen molar-refractivity contribution >= 4 is 5.91 Å². The molecule has 1 unspecified atom stereocenters. The summed E-state index contributed by atoms with van der Waals surface area (Å²) in [6.45, 7) is 4.22. The maximum absolute atomic E-state index is 11.5. The van der Waals surface area contributed by atoms with E-state index in [1.165, 1.54) is 25.7 Å². The molecule has 98 valence electrons. The molecule has 0 aliphatic heterocycles. The van der Waals surface area contributed by atoms with Gasteiger partial charge in [0.2, 0.25) is 5.91 Å². The van der Waals surface area contributed by atoms with E-state index in [1.807, 2.05) is 6.92 Å². The first kappa shape index (κ1) is 16.0. The van der Waals surface area contributed by atoms with Crippen LogP contribution in [0.25, 0.3) is 0 Å². The molecule has 0 fully saturated rings. The van der Waals surface area contributed by atoms with Gasteiger partial charge in [0, 0.05) is 6.42 Å². The summed E-state index contributed by atoms with van der Waals surface area (Å²) in [4.78, 5) is 11.5. The Bertz CT molecular complexity index is 233. The molecule has 0 aromatic rings. The second-order valence-corrected chi connectivity index (χ2v) is 4.56. The summed E-state index contributed by atoms with van der Waals surface area (Å²) < 4.78 is 0. The number of rotatable bonds is 10. The zero-order valence-electron chi connectivity index (χ0n) is 11.3. The molecule has 1 atom stereocenters. The highest BCUT2D eigenvalue weighted by molar-refractivity contribution is 5.76. The van der Waals surface area contributed by atoms with Gasteiger partial charge in [-0.1, -0.05) is 52.4 Å². The molecule has 0 aliphatic carbocycles. The normalized spacial score (nSPS) is 11.8. The number of carbonyl (C=O) groups excluding carboxylic acids is 1. The number of nitrogens with zero attached hydrogens (tertiary/aromatic N) is 1. The zero-order valence-corrected chi connectivity index (χ0v) is 11.3. The second kappa shape index (κ2) is 11.4. The van der Waals surface area contributed by atoms with Crippen LogP contribution in [0.3, 0.4) is 0 Å². The highest BCUT2D eigenvalue weighted by atomic mass is 16.1. The minimum Gasteiger partial charge on any atom is -0.340 e. The van der Waals surface area contributed by atoms with Crippen LogP contribution in [0.2, 0.25) is 0 Å². The van der Waals surface area contributed by atoms with E-state index in [1.54, 1.807) is 0 Å². The van der Waals surface area contributed by atoms with Gasteiger partial charge in [-0.15, -0.1) is 0 Å². The highest BCUT2D eigenvalue weighted by Gasteiger charge is 2.09. The van der Waals surface area contributed by atoms with Crippen molar-refractivity contribution in [3.8, 4) is 6.07 Å². The number of carbonyl (C=O) groups is 1. The quantitative estimate of drug-likeness (QED) is 0.592. The van der Waals surface area contributed by atoms with Gasteiger partial charge < -0.3 is 5.32 Å². The summed E-state index contributed by atoms with van der Waals surface area (Å²) in [7, 11) is 0. The minimum absolute atomic E-state index is 0.0282. The third-order valence-corrected chi connectivity index (χ3v) is 2.83. The Morgan fingerprint density at radius 3 is 2.35 bits per heavy atom. The van der Waals surface area contributed by atoms with Gasteiger partial charge in [0.15, 0.2) is 0 Å². The third-order valence-electron chi connectivity index (χ3n) is 2.83. The molecule has 0 saturated carbocycles. The van der Waals surface area contributed by atoms with Crippen LogP contribution in [-0.2, 0) is 4.79 Å². The lowest BCUT2D eigenvalue weighted by Gasteiger charge is -2.10.